The average molecular weight is 236 g/mol. The molecule has 1 aromatic rings. The fourth-order valence-electron chi connectivity index (χ4n) is 1.23. The van der Waals surface area contributed by atoms with Crippen LogP contribution in [0.4, 0.5) is 13.2 Å². The van der Waals surface area contributed by atoms with E-state index in [4.69, 9.17) is 4.74 Å². The summed E-state index contributed by atoms with van der Waals surface area (Å²) >= 11 is 0. The number of ether oxygens (including phenoxy) is 1. The first kappa shape index (κ1) is 12.9. The number of halogens is 3. The van der Waals surface area contributed by atoms with Gasteiger partial charge >= 0.3 is 6.18 Å². The molecule has 0 fully saturated rings. The third kappa shape index (κ3) is 5.04. The molecule has 1 aromatic heterocycles. The van der Waals surface area contributed by atoms with Crippen molar-refractivity contribution in [2.45, 2.75) is 38.9 Å². The van der Waals surface area contributed by atoms with Crippen molar-refractivity contribution in [2.24, 2.45) is 0 Å². The maximum Gasteiger partial charge on any atom is 0.389 e. The molecule has 0 atom stereocenters. The molecule has 0 radical (unpaired) electrons. The van der Waals surface area contributed by atoms with Crippen molar-refractivity contribution in [3.8, 4) is 5.75 Å². The van der Waals surface area contributed by atoms with Crippen molar-refractivity contribution >= 4 is 0 Å². The molecule has 0 aliphatic carbocycles. The van der Waals surface area contributed by atoms with E-state index < -0.39 is 12.6 Å². The number of alkyl halides is 3. The van der Waals surface area contributed by atoms with Crippen LogP contribution in [0.3, 0.4) is 0 Å². The predicted molar refractivity (Wildman–Crippen MR) is 53.3 cm³/mol. The molecule has 3 nitrogen and oxygen atoms in total. The van der Waals surface area contributed by atoms with Crippen LogP contribution in [0.25, 0.3) is 0 Å². The summed E-state index contributed by atoms with van der Waals surface area (Å²) in [6.07, 6.45) is -0.774. The molecule has 0 aliphatic rings. The van der Waals surface area contributed by atoms with Gasteiger partial charge in [0.2, 0.25) is 0 Å². The summed E-state index contributed by atoms with van der Waals surface area (Å²) < 4.78 is 42.3. The summed E-state index contributed by atoms with van der Waals surface area (Å²) in [7, 11) is 0. The molecule has 0 saturated carbocycles. The van der Waals surface area contributed by atoms with Crippen LogP contribution in [0.15, 0.2) is 12.4 Å². The Morgan fingerprint density at radius 2 is 2.19 bits per heavy atom. The maximum absolute atomic E-state index is 11.8. The minimum absolute atomic E-state index is 0.0253. The number of rotatable bonds is 6. The van der Waals surface area contributed by atoms with Gasteiger partial charge in [-0.3, -0.25) is 4.68 Å². The van der Waals surface area contributed by atoms with E-state index in [0.717, 1.165) is 13.0 Å². The van der Waals surface area contributed by atoms with Gasteiger partial charge in [0.1, 0.15) is 0 Å². The van der Waals surface area contributed by atoms with Crippen molar-refractivity contribution in [1.29, 1.82) is 0 Å². The van der Waals surface area contributed by atoms with E-state index in [1.165, 1.54) is 6.20 Å². The van der Waals surface area contributed by atoms with Crippen molar-refractivity contribution < 1.29 is 17.9 Å². The van der Waals surface area contributed by atoms with Crippen LogP contribution in [0.5, 0.6) is 5.75 Å². The number of hydrogen-bond acceptors (Lipinski definition) is 2. The van der Waals surface area contributed by atoms with Crippen LogP contribution in [-0.4, -0.2) is 22.6 Å². The molecule has 0 amide bonds. The van der Waals surface area contributed by atoms with Gasteiger partial charge < -0.3 is 4.74 Å². The minimum atomic E-state index is -4.10. The third-order valence-corrected chi connectivity index (χ3v) is 1.94. The molecule has 0 spiro atoms. The lowest BCUT2D eigenvalue weighted by Crippen LogP contribution is -2.09. The lowest BCUT2D eigenvalue weighted by atomic mass is 10.3. The smallest absolute Gasteiger partial charge is 0.389 e. The Balaban J connectivity index is 2.21. The Kier molecular flexibility index (Phi) is 4.64. The van der Waals surface area contributed by atoms with Crippen LogP contribution >= 0.6 is 0 Å². The molecule has 0 unspecified atom stereocenters. The maximum atomic E-state index is 11.8. The van der Waals surface area contributed by atoms with E-state index in [0.29, 0.717) is 5.75 Å². The van der Waals surface area contributed by atoms with Gasteiger partial charge in [-0.25, -0.2) is 0 Å². The highest BCUT2D eigenvalue weighted by atomic mass is 19.4. The van der Waals surface area contributed by atoms with E-state index >= 15 is 0 Å². The molecule has 0 aliphatic heterocycles. The van der Waals surface area contributed by atoms with Gasteiger partial charge in [-0.05, 0) is 12.8 Å². The van der Waals surface area contributed by atoms with Crippen molar-refractivity contribution in [1.82, 2.24) is 9.78 Å². The Morgan fingerprint density at radius 3 is 2.81 bits per heavy atom. The molecule has 0 bridgehead atoms. The number of hydrogen-bond donors (Lipinski definition) is 0. The molecule has 6 heteroatoms. The molecule has 92 valence electrons. The van der Waals surface area contributed by atoms with Crippen LogP contribution in [0, 0.1) is 0 Å². The van der Waals surface area contributed by atoms with Gasteiger partial charge in [-0.15, -0.1) is 0 Å². The highest BCUT2D eigenvalue weighted by Crippen LogP contribution is 2.21. The van der Waals surface area contributed by atoms with Gasteiger partial charge in [0.25, 0.3) is 0 Å². The SMILES string of the molecule is CCCn1cc(OCCCC(F)(F)F)cn1. The zero-order valence-electron chi connectivity index (χ0n) is 9.13. The second-order valence-electron chi connectivity index (χ2n) is 3.51. The van der Waals surface area contributed by atoms with Gasteiger partial charge in [-0.1, -0.05) is 6.92 Å². The summed E-state index contributed by atoms with van der Waals surface area (Å²) in [5.41, 5.74) is 0. The number of aryl methyl sites for hydroxylation is 1. The molecule has 16 heavy (non-hydrogen) atoms. The van der Waals surface area contributed by atoms with E-state index in [2.05, 4.69) is 5.10 Å². The van der Waals surface area contributed by atoms with Gasteiger partial charge in [0, 0.05) is 13.0 Å². The highest BCUT2D eigenvalue weighted by molar-refractivity contribution is 5.11. The third-order valence-electron chi connectivity index (χ3n) is 1.94. The number of nitrogens with zero attached hydrogens (tertiary/aromatic N) is 2. The molecule has 0 saturated heterocycles. The Labute approximate surface area is 92.2 Å². The highest BCUT2D eigenvalue weighted by Gasteiger charge is 2.26. The van der Waals surface area contributed by atoms with Crippen molar-refractivity contribution in [3.63, 3.8) is 0 Å². The van der Waals surface area contributed by atoms with Crippen LogP contribution in [0.1, 0.15) is 26.2 Å². The first-order valence-corrected chi connectivity index (χ1v) is 5.23. The van der Waals surface area contributed by atoms with Gasteiger partial charge in [0.15, 0.2) is 5.75 Å². The second kappa shape index (κ2) is 5.77. The zero-order chi connectivity index (χ0) is 12.0. The molecule has 1 rings (SSSR count). The fraction of sp³-hybridized carbons (Fsp3) is 0.700. The topological polar surface area (TPSA) is 27.1 Å². The minimum Gasteiger partial charge on any atom is -0.490 e. The molecular formula is C10H15F3N2O. The van der Waals surface area contributed by atoms with Crippen LogP contribution in [-0.2, 0) is 6.54 Å². The zero-order valence-corrected chi connectivity index (χ0v) is 9.13. The van der Waals surface area contributed by atoms with Crippen LogP contribution in [0.2, 0.25) is 0 Å². The Hall–Kier alpha value is -1.20. The summed E-state index contributed by atoms with van der Waals surface area (Å²) in [6.45, 7) is 2.87. The average Bonchev–Trinajstić information content (AvgIpc) is 2.60. The first-order valence-electron chi connectivity index (χ1n) is 5.23. The second-order valence-corrected chi connectivity index (χ2v) is 3.51. The lowest BCUT2D eigenvalue weighted by Gasteiger charge is -2.06. The fourth-order valence-corrected chi connectivity index (χ4v) is 1.23. The summed E-state index contributed by atoms with van der Waals surface area (Å²) in [6, 6.07) is 0. The van der Waals surface area contributed by atoms with Gasteiger partial charge in [0.05, 0.1) is 19.0 Å². The van der Waals surface area contributed by atoms with Gasteiger partial charge in [-0.2, -0.15) is 18.3 Å². The summed E-state index contributed by atoms with van der Waals surface area (Å²) in [4.78, 5) is 0. The predicted octanol–water partition coefficient (Wildman–Crippen LogP) is 3.01. The molecule has 1 heterocycles. The monoisotopic (exact) mass is 236 g/mol. The molecule has 0 N–H and O–H groups in total. The standard InChI is InChI=1S/C10H15F3N2O/c1-2-5-15-8-9(7-14-15)16-6-3-4-10(11,12)13/h7-8H,2-6H2,1H3. The Morgan fingerprint density at radius 1 is 1.44 bits per heavy atom. The van der Waals surface area contributed by atoms with Crippen LogP contribution < -0.4 is 4.74 Å². The lowest BCUT2D eigenvalue weighted by molar-refractivity contribution is -0.136. The molecule has 0 aromatic carbocycles. The quantitative estimate of drug-likeness (QED) is 0.710. The largest absolute Gasteiger partial charge is 0.490 e. The number of aromatic nitrogens is 2. The normalized spacial score (nSPS) is 11.8. The first-order chi connectivity index (χ1) is 7.51. The van der Waals surface area contributed by atoms with Crippen molar-refractivity contribution in [2.75, 3.05) is 6.61 Å². The van der Waals surface area contributed by atoms with E-state index in [9.17, 15) is 13.2 Å². The Bertz CT molecular complexity index is 309. The van der Waals surface area contributed by atoms with Crippen molar-refractivity contribution in [3.05, 3.63) is 12.4 Å². The summed E-state index contributed by atoms with van der Waals surface area (Å²) in [5.74, 6) is 0.524. The van der Waals surface area contributed by atoms with E-state index in [-0.39, 0.29) is 13.0 Å². The molecular weight excluding hydrogens is 221 g/mol. The summed E-state index contributed by atoms with van der Waals surface area (Å²) in [5, 5.41) is 4.00. The van der Waals surface area contributed by atoms with E-state index in [1.807, 2.05) is 6.92 Å². The van der Waals surface area contributed by atoms with E-state index in [1.54, 1.807) is 10.9 Å².